The van der Waals surface area contributed by atoms with Gasteiger partial charge < -0.3 is 18.9 Å². The summed E-state index contributed by atoms with van der Waals surface area (Å²) in [7, 11) is 3.06. The van der Waals surface area contributed by atoms with Crippen LogP contribution in [0.25, 0.3) is 10.8 Å². The molecule has 158 valence electrons. The fraction of sp³-hybridized carbons (Fsp3) is 0.333. The van der Waals surface area contributed by atoms with Crippen LogP contribution in [0.1, 0.15) is 36.2 Å². The summed E-state index contributed by atoms with van der Waals surface area (Å²) in [6.45, 7) is 6.95. The van der Waals surface area contributed by atoms with E-state index in [1.165, 1.54) is 14.2 Å². The topological polar surface area (TPSA) is 60.8 Å². The Morgan fingerprint density at radius 3 is 2.27 bits per heavy atom. The van der Waals surface area contributed by atoms with Crippen molar-refractivity contribution in [3.63, 3.8) is 0 Å². The lowest BCUT2D eigenvalue weighted by molar-refractivity contribution is 0.0987. The SMILES string of the molecule is CCCN(C(=O)c1cn(CC)c(=O)c2cc(OC)c(OC)cc12)c1cccc(C)c1. The van der Waals surface area contributed by atoms with Crippen LogP contribution in [-0.4, -0.2) is 31.2 Å². The molecule has 3 rings (SSSR count). The van der Waals surface area contributed by atoms with E-state index in [-0.39, 0.29) is 11.5 Å². The van der Waals surface area contributed by atoms with Crippen LogP contribution in [0.15, 0.2) is 47.4 Å². The average Bonchev–Trinajstić information content (AvgIpc) is 2.76. The van der Waals surface area contributed by atoms with Gasteiger partial charge in [-0.3, -0.25) is 9.59 Å². The van der Waals surface area contributed by atoms with E-state index in [0.29, 0.717) is 40.9 Å². The third kappa shape index (κ3) is 3.90. The number of aromatic nitrogens is 1. The average molecular weight is 408 g/mol. The van der Waals surface area contributed by atoms with Gasteiger partial charge >= 0.3 is 0 Å². The number of benzene rings is 2. The van der Waals surface area contributed by atoms with Gasteiger partial charge in [0, 0.05) is 30.4 Å². The fourth-order valence-corrected chi connectivity index (χ4v) is 3.64. The molecule has 6 nitrogen and oxygen atoms in total. The first-order valence-corrected chi connectivity index (χ1v) is 10.1. The van der Waals surface area contributed by atoms with Crippen LogP contribution in [-0.2, 0) is 6.54 Å². The highest BCUT2D eigenvalue weighted by molar-refractivity contribution is 6.14. The van der Waals surface area contributed by atoms with Crippen LogP contribution in [0.4, 0.5) is 5.69 Å². The highest BCUT2D eigenvalue weighted by atomic mass is 16.5. The molecule has 0 spiro atoms. The monoisotopic (exact) mass is 408 g/mol. The van der Waals surface area contributed by atoms with Crippen molar-refractivity contribution >= 4 is 22.4 Å². The molecule has 0 atom stereocenters. The minimum atomic E-state index is -0.164. The molecule has 2 aromatic carbocycles. The molecule has 0 radical (unpaired) electrons. The van der Waals surface area contributed by atoms with Crippen molar-refractivity contribution in [2.45, 2.75) is 33.7 Å². The first kappa shape index (κ1) is 21.4. The molecule has 1 heterocycles. The van der Waals surface area contributed by atoms with E-state index in [0.717, 1.165) is 17.7 Å². The maximum absolute atomic E-state index is 13.7. The molecule has 3 aromatic rings. The van der Waals surface area contributed by atoms with Gasteiger partial charge in [0.15, 0.2) is 11.5 Å². The Hall–Kier alpha value is -3.28. The van der Waals surface area contributed by atoms with Crippen molar-refractivity contribution in [2.75, 3.05) is 25.7 Å². The largest absolute Gasteiger partial charge is 0.493 e. The third-order valence-corrected chi connectivity index (χ3v) is 5.17. The van der Waals surface area contributed by atoms with Crippen LogP contribution >= 0.6 is 0 Å². The van der Waals surface area contributed by atoms with Crippen LogP contribution in [0.3, 0.4) is 0 Å². The van der Waals surface area contributed by atoms with Crippen LogP contribution in [0.5, 0.6) is 11.5 Å². The molecule has 0 unspecified atom stereocenters. The van der Waals surface area contributed by atoms with Crippen LogP contribution in [0, 0.1) is 6.92 Å². The predicted octanol–water partition coefficient (Wildman–Crippen LogP) is 4.40. The highest BCUT2D eigenvalue weighted by Gasteiger charge is 2.23. The second-order valence-electron chi connectivity index (χ2n) is 7.18. The molecular weight excluding hydrogens is 380 g/mol. The number of anilines is 1. The van der Waals surface area contributed by atoms with Crippen molar-refractivity contribution in [3.05, 3.63) is 64.1 Å². The smallest absolute Gasteiger partial charge is 0.260 e. The lowest BCUT2D eigenvalue weighted by atomic mass is 10.0. The van der Waals surface area contributed by atoms with E-state index >= 15 is 0 Å². The number of amides is 1. The number of fused-ring (bicyclic) bond motifs is 1. The summed E-state index contributed by atoms with van der Waals surface area (Å²) in [6, 6.07) is 11.2. The van der Waals surface area contributed by atoms with Gasteiger partial charge in [-0.05, 0) is 50.1 Å². The molecule has 1 amide bonds. The molecule has 0 bridgehead atoms. The van der Waals surface area contributed by atoms with Gasteiger partial charge in [-0.25, -0.2) is 0 Å². The first-order valence-electron chi connectivity index (χ1n) is 10.1. The molecule has 0 aliphatic carbocycles. The molecule has 0 fully saturated rings. The number of pyridine rings is 1. The predicted molar refractivity (Wildman–Crippen MR) is 120 cm³/mol. The van der Waals surface area contributed by atoms with Gasteiger partial charge in [0.25, 0.3) is 11.5 Å². The summed E-state index contributed by atoms with van der Waals surface area (Å²) < 4.78 is 12.4. The standard InChI is InChI=1S/C24H28N2O4/c1-6-11-26(17-10-8-9-16(3)12-17)24(28)20-15-25(7-2)23(27)19-14-22(30-5)21(29-4)13-18(19)20/h8-10,12-15H,6-7,11H2,1-5H3. The number of hydrogen-bond donors (Lipinski definition) is 0. The molecule has 1 aromatic heterocycles. The quantitative estimate of drug-likeness (QED) is 0.581. The van der Waals surface area contributed by atoms with Gasteiger partial charge in [-0.15, -0.1) is 0 Å². The first-order chi connectivity index (χ1) is 14.4. The van der Waals surface area contributed by atoms with Crippen molar-refractivity contribution < 1.29 is 14.3 Å². The minimum absolute atomic E-state index is 0.151. The summed E-state index contributed by atoms with van der Waals surface area (Å²) >= 11 is 0. The second-order valence-corrected chi connectivity index (χ2v) is 7.18. The Kier molecular flexibility index (Phi) is 6.45. The molecule has 0 aliphatic heterocycles. The van der Waals surface area contributed by atoms with E-state index in [4.69, 9.17) is 9.47 Å². The summed E-state index contributed by atoms with van der Waals surface area (Å²) in [4.78, 5) is 28.5. The second kappa shape index (κ2) is 9.03. The lowest BCUT2D eigenvalue weighted by Gasteiger charge is -2.24. The van der Waals surface area contributed by atoms with Crippen LogP contribution in [0.2, 0.25) is 0 Å². The fourth-order valence-electron chi connectivity index (χ4n) is 3.64. The minimum Gasteiger partial charge on any atom is -0.493 e. The van der Waals surface area contributed by atoms with E-state index in [1.807, 2.05) is 45.0 Å². The van der Waals surface area contributed by atoms with E-state index in [9.17, 15) is 9.59 Å². The van der Waals surface area contributed by atoms with E-state index in [1.54, 1.807) is 27.8 Å². The molecule has 0 aliphatic rings. The van der Waals surface area contributed by atoms with Gasteiger partial charge in [-0.2, -0.15) is 0 Å². The molecule has 0 N–H and O–H groups in total. The Morgan fingerprint density at radius 1 is 1.03 bits per heavy atom. The zero-order valence-electron chi connectivity index (χ0n) is 18.2. The Bertz CT molecular complexity index is 1130. The lowest BCUT2D eigenvalue weighted by Crippen LogP contribution is -2.33. The summed E-state index contributed by atoms with van der Waals surface area (Å²) in [5.41, 5.74) is 2.21. The molecule has 6 heteroatoms. The van der Waals surface area contributed by atoms with E-state index < -0.39 is 0 Å². The van der Waals surface area contributed by atoms with Crippen molar-refractivity contribution in [3.8, 4) is 11.5 Å². The number of carbonyl (C=O) groups excluding carboxylic acids is 1. The van der Waals surface area contributed by atoms with Crippen molar-refractivity contribution in [2.24, 2.45) is 0 Å². The normalized spacial score (nSPS) is 10.8. The number of carbonyl (C=O) groups is 1. The Balaban J connectivity index is 2.28. The van der Waals surface area contributed by atoms with Crippen molar-refractivity contribution in [1.82, 2.24) is 4.57 Å². The maximum Gasteiger partial charge on any atom is 0.260 e. The molecule has 0 saturated carbocycles. The summed E-state index contributed by atoms with van der Waals surface area (Å²) in [6.07, 6.45) is 2.46. The summed E-state index contributed by atoms with van der Waals surface area (Å²) in [5.74, 6) is 0.783. The number of nitrogens with zero attached hydrogens (tertiary/aromatic N) is 2. The van der Waals surface area contributed by atoms with Crippen molar-refractivity contribution in [1.29, 1.82) is 0 Å². The van der Waals surface area contributed by atoms with Gasteiger partial charge in [0.05, 0.1) is 25.2 Å². The van der Waals surface area contributed by atoms with Gasteiger partial charge in [0.1, 0.15) is 0 Å². The Morgan fingerprint density at radius 2 is 1.70 bits per heavy atom. The zero-order chi connectivity index (χ0) is 21.8. The van der Waals surface area contributed by atoms with Gasteiger partial charge in [-0.1, -0.05) is 19.1 Å². The third-order valence-electron chi connectivity index (χ3n) is 5.17. The number of hydrogen-bond acceptors (Lipinski definition) is 4. The molecule has 0 saturated heterocycles. The number of methoxy groups -OCH3 is 2. The van der Waals surface area contributed by atoms with Gasteiger partial charge in [0.2, 0.25) is 0 Å². The number of ether oxygens (including phenoxy) is 2. The summed E-state index contributed by atoms with van der Waals surface area (Å²) in [5, 5.41) is 0.988. The number of aryl methyl sites for hydroxylation is 2. The number of rotatable bonds is 7. The van der Waals surface area contributed by atoms with E-state index in [2.05, 4.69) is 0 Å². The molecular formula is C24H28N2O4. The Labute approximate surface area is 176 Å². The zero-order valence-corrected chi connectivity index (χ0v) is 18.2. The highest BCUT2D eigenvalue weighted by Crippen LogP contribution is 2.33. The maximum atomic E-state index is 13.7. The molecule has 30 heavy (non-hydrogen) atoms. The van der Waals surface area contributed by atoms with Crippen LogP contribution < -0.4 is 19.9 Å².